The molecule has 1 atom stereocenters. The zero-order chi connectivity index (χ0) is 20.9. The summed E-state index contributed by atoms with van der Waals surface area (Å²) in [6, 6.07) is 12.7. The fraction of sp³-hybridized carbons (Fsp3) is 0.481. The van der Waals surface area contributed by atoms with E-state index in [2.05, 4.69) is 50.3 Å². The van der Waals surface area contributed by atoms with Crippen molar-refractivity contribution in [2.24, 2.45) is 0 Å². The second-order valence-electron chi connectivity index (χ2n) is 8.85. The molecule has 1 unspecified atom stereocenters. The SMILES string of the molecule is CCCCC(c1ccc(O)c(C)c1)c1ccc(C=CC2(O)CCCCC2)c(C)c1. The third kappa shape index (κ3) is 5.51. The lowest BCUT2D eigenvalue weighted by Gasteiger charge is -2.29. The molecular formula is C27H36O2. The normalized spacial score (nSPS) is 17.5. The van der Waals surface area contributed by atoms with Crippen LogP contribution < -0.4 is 0 Å². The fourth-order valence-corrected chi connectivity index (χ4v) is 4.51. The van der Waals surface area contributed by atoms with Crippen molar-refractivity contribution in [2.45, 2.75) is 83.7 Å². The minimum Gasteiger partial charge on any atom is -0.508 e. The predicted molar refractivity (Wildman–Crippen MR) is 122 cm³/mol. The summed E-state index contributed by atoms with van der Waals surface area (Å²) in [5, 5.41) is 20.7. The van der Waals surface area contributed by atoms with Crippen molar-refractivity contribution in [3.05, 3.63) is 70.3 Å². The highest BCUT2D eigenvalue weighted by Crippen LogP contribution is 2.34. The molecule has 0 heterocycles. The number of phenols is 1. The molecular weight excluding hydrogens is 356 g/mol. The maximum atomic E-state index is 10.8. The van der Waals surface area contributed by atoms with E-state index in [0.717, 1.165) is 37.7 Å². The van der Waals surface area contributed by atoms with E-state index in [1.807, 2.05) is 19.1 Å². The van der Waals surface area contributed by atoms with E-state index in [1.54, 1.807) is 0 Å². The average Bonchev–Trinajstić information content (AvgIpc) is 2.71. The van der Waals surface area contributed by atoms with E-state index in [-0.39, 0.29) is 0 Å². The van der Waals surface area contributed by atoms with Gasteiger partial charge in [0.2, 0.25) is 0 Å². The predicted octanol–water partition coefficient (Wildman–Crippen LogP) is 7.04. The zero-order valence-electron chi connectivity index (χ0n) is 18.2. The van der Waals surface area contributed by atoms with E-state index >= 15 is 0 Å². The van der Waals surface area contributed by atoms with Gasteiger partial charge >= 0.3 is 0 Å². The highest BCUT2D eigenvalue weighted by molar-refractivity contribution is 5.56. The molecule has 0 aromatic heterocycles. The molecule has 156 valence electrons. The lowest BCUT2D eigenvalue weighted by molar-refractivity contribution is 0.0521. The molecule has 0 aliphatic heterocycles. The van der Waals surface area contributed by atoms with Gasteiger partial charge in [-0.2, -0.15) is 0 Å². The molecule has 2 aromatic rings. The van der Waals surface area contributed by atoms with Crippen molar-refractivity contribution in [3.8, 4) is 5.75 Å². The smallest absolute Gasteiger partial charge is 0.118 e. The zero-order valence-corrected chi connectivity index (χ0v) is 18.2. The summed E-state index contributed by atoms with van der Waals surface area (Å²) < 4.78 is 0. The first-order valence-electron chi connectivity index (χ1n) is 11.2. The van der Waals surface area contributed by atoms with Crippen molar-refractivity contribution in [1.29, 1.82) is 0 Å². The number of phenolic OH excluding ortho intramolecular Hbond substituents is 1. The van der Waals surface area contributed by atoms with E-state index < -0.39 is 5.60 Å². The van der Waals surface area contributed by atoms with Crippen LogP contribution in [-0.2, 0) is 0 Å². The van der Waals surface area contributed by atoms with Crippen LogP contribution in [-0.4, -0.2) is 15.8 Å². The first-order chi connectivity index (χ1) is 13.9. The maximum absolute atomic E-state index is 10.8. The van der Waals surface area contributed by atoms with Gasteiger partial charge in [-0.05, 0) is 67.0 Å². The Morgan fingerprint density at radius 3 is 2.24 bits per heavy atom. The molecule has 3 rings (SSSR count). The summed E-state index contributed by atoms with van der Waals surface area (Å²) in [7, 11) is 0. The van der Waals surface area contributed by atoms with Gasteiger partial charge in [-0.25, -0.2) is 0 Å². The number of unbranched alkanes of at least 4 members (excludes halogenated alkanes) is 1. The number of benzene rings is 2. The monoisotopic (exact) mass is 392 g/mol. The molecule has 0 spiro atoms. The Morgan fingerprint density at radius 1 is 0.966 bits per heavy atom. The average molecular weight is 393 g/mol. The number of aryl methyl sites for hydroxylation is 2. The Labute approximate surface area is 176 Å². The van der Waals surface area contributed by atoms with Gasteiger partial charge in [0, 0.05) is 5.92 Å². The summed E-state index contributed by atoms with van der Waals surface area (Å²) in [4.78, 5) is 0. The van der Waals surface area contributed by atoms with Gasteiger partial charge in [0.15, 0.2) is 0 Å². The molecule has 2 heteroatoms. The topological polar surface area (TPSA) is 40.5 Å². The van der Waals surface area contributed by atoms with E-state index in [0.29, 0.717) is 11.7 Å². The number of aliphatic hydroxyl groups is 1. The van der Waals surface area contributed by atoms with Gasteiger partial charge in [-0.15, -0.1) is 0 Å². The van der Waals surface area contributed by atoms with Gasteiger partial charge in [-0.1, -0.05) is 81.5 Å². The minimum absolute atomic E-state index is 0.341. The number of rotatable bonds is 7. The van der Waals surface area contributed by atoms with Crippen LogP contribution in [0.15, 0.2) is 42.5 Å². The summed E-state index contributed by atoms with van der Waals surface area (Å²) in [6.07, 6.45) is 12.8. The van der Waals surface area contributed by atoms with Crippen molar-refractivity contribution in [2.75, 3.05) is 0 Å². The Kier molecular flexibility index (Phi) is 7.18. The molecule has 2 nitrogen and oxygen atoms in total. The third-order valence-electron chi connectivity index (χ3n) is 6.46. The van der Waals surface area contributed by atoms with Crippen LogP contribution in [0.1, 0.15) is 92.0 Å². The lowest BCUT2D eigenvalue weighted by atomic mass is 9.83. The maximum Gasteiger partial charge on any atom is 0.118 e. The first kappa shape index (κ1) is 21.6. The third-order valence-corrected chi connectivity index (χ3v) is 6.46. The van der Waals surface area contributed by atoms with Gasteiger partial charge in [0.1, 0.15) is 5.75 Å². The van der Waals surface area contributed by atoms with Crippen LogP contribution in [0.5, 0.6) is 5.75 Å². The van der Waals surface area contributed by atoms with Crippen LogP contribution in [0.4, 0.5) is 0 Å². The molecule has 0 saturated heterocycles. The molecule has 1 aliphatic carbocycles. The van der Waals surface area contributed by atoms with E-state index in [1.165, 1.54) is 41.5 Å². The molecule has 0 bridgehead atoms. The van der Waals surface area contributed by atoms with Crippen LogP contribution in [0.3, 0.4) is 0 Å². The molecule has 29 heavy (non-hydrogen) atoms. The summed E-state index contributed by atoms with van der Waals surface area (Å²) in [6.45, 7) is 6.35. The number of hydrogen-bond acceptors (Lipinski definition) is 2. The standard InChI is InChI=1S/C27H36O2/c1-4-5-9-25(24-12-13-26(28)21(3)19-24)23-11-10-22(20(2)18-23)14-17-27(29)15-7-6-8-16-27/h10-14,17-19,25,28-29H,4-9,15-16H2,1-3H3. The Hall–Kier alpha value is -2.06. The highest BCUT2D eigenvalue weighted by atomic mass is 16.3. The van der Waals surface area contributed by atoms with Crippen LogP contribution in [0.25, 0.3) is 6.08 Å². The van der Waals surface area contributed by atoms with Crippen LogP contribution >= 0.6 is 0 Å². The molecule has 1 aliphatic rings. The second-order valence-corrected chi connectivity index (χ2v) is 8.85. The molecule has 1 fully saturated rings. The summed E-state index contributed by atoms with van der Waals surface area (Å²) in [5.41, 5.74) is 5.33. The fourth-order valence-electron chi connectivity index (χ4n) is 4.51. The minimum atomic E-state index is -0.628. The van der Waals surface area contributed by atoms with Crippen LogP contribution in [0, 0.1) is 13.8 Å². The van der Waals surface area contributed by atoms with Crippen molar-refractivity contribution < 1.29 is 10.2 Å². The Morgan fingerprint density at radius 2 is 1.62 bits per heavy atom. The van der Waals surface area contributed by atoms with Crippen molar-refractivity contribution in [1.82, 2.24) is 0 Å². The Balaban J connectivity index is 1.85. The van der Waals surface area contributed by atoms with Crippen LogP contribution in [0.2, 0.25) is 0 Å². The summed E-state index contributed by atoms with van der Waals surface area (Å²) in [5.74, 6) is 0.703. The largest absolute Gasteiger partial charge is 0.508 e. The molecule has 0 amide bonds. The lowest BCUT2D eigenvalue weighted by Crippen LogP contribution is -2.28. The first-order valence-corrected chi connectivity index (χ1v) is 11.2. The van der Waals surface area contributed by atoms with Gasteiger partial charge < -0.3 is 10.2 Å². The van der Waals surface area contributed by atoms with Crippen molar-refractivity contribution in [3.63, 3.8) is 0 Å². The molecule has 2 N–H and O–H groups in total. The van der Waals surface area contributed by atoms with E-state index in [9.17, 15) is 10.2 Å². The number of hydrogen-bond donors (Lipinski definition) is 2. The van der Waals surface area contributed by atoms with Crippen molar-refractivity contribution >= 4 is 6.08 Å². The second kappa shape index (κ2) is 9.63. The molecule has 1 saturated carbocycles. The number of aromatic hydroxyl groups is 1. The van der Waals surface area contributed by atoms with Gasteiger partial charge in [-0.3, -0.25) is 0 Å². The van der Waals surface area contributed by atoms with E-state index in [4.69, 9.17) is 0 Å². The molecule has 2 aromatic carbocycles. The van der Waals surface area contributed by atoms with Gasteiger partial charge in [0.05, 0.1) is 5.60 Å². The highest BCUT2D eigenvalue weighted by Gasteiger charge is 2.25. The Bertz CT molecular complexity index is 844. The van der Waals surface area contributed by atoms with Gasteiger partial charge in [0.25, 0.3) is 0 Å². The summed E-state index contributed by atoms with van der Waals surface area (Å²) >= 11 is 0. The molecule has 0 radical (unpaired) electrons. The quantitative estimate of drug-likeness (QED) is 0.530.